The Morgan fingerprint density at radius 2 is 1.69 bits per heavy atom. The first-order valence-corrected chi connectivity index (χ1v) is 5.21. The molecule has 16 heavy (non-hydrogen) atoms. The van der Waals surface area contributed by atoms with Crippen molar-refractivity contribution in [1.82, 2.24) is 0 Å². The Balaban J connectivity index is 2.57. The van der Waals surface area contributed by atoms with Crippen molar-refractivity contribution in [2.45, 2.75) is 6.92 Å². The minimum absolute atomic E-state index is 0.238. The molecule has 2 aromatic carbocycles. The summed E-state index contributed by atoms with van der Waals surface area (Å²) >= 11 is 5.64. The second-order valence-corrected chi connectivity index (χ2v) is 4.00. The first-order chi connectivity index (χ1) is 7.59. The van der Waals surface area contributed by atoms with Crippen molar-refractivity contribution in [2.75, 3.05) is 0 Å². The Morgan fingerprint density at radius 3 is 2.31 bits per heavy atom. The molecule has 0 radical (unpaired) electrons. The Morgan fingerprint density at radius 1 is 1.06 bits per heavy atom. The maximum absolute atomic E-state index is 13.8. The fourth-order valence-electron chi connectivity index (χ4n) is 1.50. The molecule has 1 nitrogen and oxygen atoms in total. The van der Waals surface area contributed by atoms with Crippen LogP contribution in [-0.2, 0) is 0 Å². The van der Waals surface area contributed by atoms with Gasteiger partial charge < -0.3 is 5.11 Å². The van der Waals surface area contributed by atoms with E-state index in [9.17, 15) is 9.50 Å². The summed E-state index contributed by atoms with van der Waals surface area (Å²) in [4.78, 5) is 0. The van der Waals surface area contributed by atoms with Crippen LogP contribution in [0.3, 0.4) is 0 Å². The number of aromatic hydroxyl groups is 1. The molecule has 2 rings (SSSR count). The highest BCUT2D eigenvalue weighted by Gasteiger charge is 2.12. The number of rotatable bonds is 1. The van der Waals surface area contributed by atoms with Gasteiger partial charge in [0, 0.05) is 5.56 Å². The van der Waals surface area contributed by atoms with Gasteiger partial charge in [-0.2, -0.15) is 0 Å². The molecule has 82 valence electrons. The van der Waals surface area contributed by atoms with Crippen molar-refractivity contribution in [3.8, 4) is 16.9 Å². The standard InChI is InChI=1S/C13H10ClFO/c1-8-2-4-9(5-3-8)10-6-7-11(16)12(14)13(10)15/h2-7,16H,1H3. The molecule has 1 N–H and O–H groups in total. The molecule has 0 aliphatic heterocycles. The average Bonchev–Trinajstić information content (AvgIpc) is 2.28. The van der Waals surface area contributed by atoms with Crippen LogP contribution in [0, 0.1) is 12.7 Å². The summed E-state index contributed by atoms with van der Waals surface area (Å²) in [5, 5.41) is 9.01. The zero-order chi connectivity index (χ0) is 11.7. The van der Waals surface area contributed by atoms with Gasteiger partial charge in [0.2, 0.25) is 0 Å². The number of halogens is 2. The fraction of sp³-hybridized carbons (Fsp3) is 0.0769. The third kappa shape index (κ3) is 1.89. The summed E-state index contributed by atoms with van der Waals surface area (Å²) in [6, 6.07) is 10.3. The number of hydrogen-bond acceptors (Lipinski definition) is 1. The van der Waals surface area contributed by atoms with Gasteiger partial charge in [-0.25, -0.2) is 4.39 Å². The molecule has 0 spiro atoms. The second-order valence-electron chi connectivity index (χ2n) is 3.63. The molecular formula is C13H10ClFO. The van der Waals surface area contributed by atoms with Gasteiger partial charge in [-0.1, -0.05) is 41.4 Å². The van der Waals surface area contributed by atoms with E-state index in [4.69, 9.17) is 11.6 Å². The van der Waals surface area contributed by atoms with E-state index in [-0.39, 0.29) is 10.8 Å². The third-order valence-corrected chi connectivity index (χ3v) is 2.78. The topological polar surface area (TPSA) is 20.2 Å². The van der Waals surface area contributed by atoms with Gasteiger partial charge in [0.15, 0.2) is 5.82 Å². The lowest BCUT2D eigenvalue weighted by molar-refractivity contribution is 0.470. The maximum atomic E-state index is 13.8. The van der Waals surface area contributed by atoms with Crippen LogP contribution in [0.5, 0.6) is 5.75 Å². The third-order valence-electron chi connectivity index (χ3n) is 2.42. The summed E-state index contributed by atoms with van der Waals surface area (Å²) in [6.45, 7) is 1.96. The van der Waals surface area contributed by atoms with E-state index in [1.54, 1.807) is 0 Å². The minimum Gasteiger partial charge on any atom is -0.506 e. The normalized spacial score (nSPS) is 10.4. The van der Waals surface area contributed by atoms with Crippen molar-refractivity contribution in [3.05, 3.63) is 52.8 Å². The lowest BCUT2D eigenvalue weighted by atomic mass is 10.0. The molecule has 0 atom stereocenters. The molecule has 0 unspecified atom stereocenters. The zero-order valence-corrected chi connectivity index (χ0v) is 9.42. The average molecular weight is 237 g/mol. The summed E-state index contributed by atoms with van der Waals surface area (Å²) in [6.07, 6.45) is 0. The van der Waals surface area contributed by atoms with Gasteiger partial charge in [0.1, 0.15) is 10.8 Å². The number of aryl methyl sites for hydroxylation is 1. The summed E-state index contributed by atoms with van der Waals surface area (Å²) in [5.41, 5.74) is 2.24. The Kier molecular flexibility index (Phi) is 2.84. The first-order valence-electron chi connectivity index (χ1n) is 4.83. The molecule has 0 amide bonds. The van der Waals surface area contributed by atoms with Crippen LogP contribution >= 0.6 is 11.6 Å². The van der Waals surface area contributed by atoms with Crippen molar-refractivity contribution < 1.29 is 9.50 Å². The molecule has 0 aliphatic carbocycles. The monoisotopic (exact) mass is 236 g/mol. The van der Waals surface area contributed by atoms with Crippen molar-refractivity contribution >= 4 is 11.6 Å². The predicted octanol–water partition coefficient (Wildman–Crippen LogP) is 4.16. The molecule has 0 heterocycles. The van der Waals surface area contributed by atoms with E-state index < -0.39 is 5.82 Å². The molecule has 0 saturated carbocycles. The Labute approximate surface area is 98.1 Å². The Hall–Kier alpha value is -1.54. The quantitative estimate of drug-likeness (QED) is 0.788. The summed E-state index contributed by atoms with van der Waals surface area (Å²) in [5.74, 6) is -0.833. The van der Waals surface area contributed by atoms with E-state index in [1.165, 1.54) is 12.1 Å². The highest BCUT2D eigenvalue weighted by atomic mass is 35.5. The highest BCUT2D eigenvalue weighted by molar-refractivity contribution is 6.32. The largest absolute Gasteiger partial charge is 0.506 e. The minimum atomic E-state index is -0.592. The predicted molar refractivity (Wildman–Crippen MR) is 63.2 cm³/mol. The zero-order valence-electron chi connectivity index (χ0n) is 8.67. The van der Waals surface area contributed by atoms with Gasteiger partial charge in [0.05, 0.1) is 0 Å². The van der Waals surface area contributed by atoms with Crippen LogP contribution in [-0.4, -0.2) is 5.11 Å². The lowest BCUT2D eigenvalue weighted by Crippen LogP contribution is -1.86. The van der Waals surface area contributed by atoms with Crippen LogP contribution in [0.2, 0.25) is 5.02 Å². The highest BCUT2D eigenvalue weighted by Crippen LogP contribution is 2.33. The van der Waals surface area contributed by atoms with E-state index in [0.29, 0.717) is 5.56 Å². The van der Waals surface area contributed by atoms with Crippen LogP contribution in [0.15, 0.2) is 36.4 Å². The fourth-order valence-corrected chi connectivity index (χ4v) is 1.66. The number of phenols is 1. The maximum Gasteiger partial charge on any atom is 0.153 e. The Bertz CT molecular complexity index is 520. The van der Waals surface area contributed by atoms with Crippen molar-refractivity contribution in [3.63, 3.8) is 0 Å². The van der Waals surface area contributed by atoms with E-state index in [2.05, 4.69) is 0 Å². The summed E-state index contributed by atoms with van der Waals surface area (Å²) < 4.78 is 13.8. The molecule has 0 aromatic heterocycles. The molecule has 0 aliphatic rings. The van der Waals surface area contributed by atoms with Crippen molar-refractivity contribution in [2.24, 2.45) is 0 Å². The molecule has 2 aromatic rings. The SMILES string of the molecule is Cc1ccc(-c2ccc(O)c(Cl)c2F)cc1. The van der Waals surface area contributed by atoms with E-state index in [0.717, 1.165) is 11.1 Å². The number of phenolic OH excluding ortho intramolecular Hbond substituents is 1. The number of hydrogen-bond donors (Lipinski definition) is 1. The number of benzene rings is 2. The van der Waals surface area contributed by atoms with E-state index in [1.807, 2.05) is 31.2 Å². The van der Waals surface area contributed by atoms with Gasteiger partial charge >= 0.3 is 0 Å². The van der Waals surface area contributed by atoms with Crippen molar-refractivity contribution in [1.29, 1.82) is 0 Å². The molecule has 0 fully saturated rings. The smallest absolute Gasteiger partial charge is 0.153 e. The lowest BCUT2D eigenvalue weighted by Gasteiger charge is -2.06. The van der Waals surface area contributed by atoms with Crippen LogP contribution in [0.25, 0.3) is 11.1 Å². The second kappa shape index (κ2) is 4.14. The summed E-state index contributed by atoms with van der Waals surface area (Å²) in [7, 11) is 0. The van der Waals surface area contributed by atoms with Crippen LogP contribution in [0.1, 0.15) is 5.56 Å². The van der Waals surface area contributed by atoms with Crippen LogP contribution in [0.4, 0.5) is 4.39 Å². The molecular weight excluding hydrogens is 227 g/mol. The van der Waals surface area contributed by atoms with Crippen LogP contribution < -0.4 is 0 Å². The molecule has 3 heteroatoms. The van der Waals surface area contributed by atoms with Gasteiger partial charge in [0.25, 0.3) is 0 Å². The van der Waals surface area contributed by atoms with Gasteiger partial charge in [-0.05, 0) is 24.6 Å². The van der Waals surface area contributed by atoms with Gasteiger partial charge in [-0.3, -0.25) is 0 Å². The molecule has 0 saturated heterocycles. The first kappa shape index (κ1) is 11.0. The molecule has 0 bridgehead atoms. The van der Waals surface area contributed by atoms with Gasteiger partial charge in [-0.15, -0.1) is 0 Å². The van der Waals surface area contributed by atoms with E-state index >= 15 is 0 Å².